The predicted molar refractivity (Wildman–Crippen MR) is 131 cm³/mol. The first-order chi connectivity index (χ1) is 17.0. The number of hydrogen-bond acceptors (Lipinski definition) is 2. The van der Waals surface area contributed by atoms with Crippen molar-refractivity contribution in [1.29, 1.82) is 0 Å². The highest BCUT2D eigenvalue weighted by Crippen LogP contribution is 2.41. The SMILES string of the molecule is C/C=C/C1CCC(c2ccc(C3CCC(OCc4ccc(C5CO5)cc4F)CC3)c(F)c2F)CC1. The van der Waals surface area contributed by atoms with Crippen LogP contribution in [-0.2, 0) is 16.1 Å². The molecule has 1 aliphatic heterocycles. The molecule has 5 rings (SSSR count). The average molecular weight is 485 g/mol. The summed E-state index contributed by atoms with van der Waals surface area (Å²) in [4.78, 5) is 0. The number of benzene rings is 2. The third kappa shape index (κ3) is 5.67. The third-order valence-electron chi connectivity index (χ3n) is 8.19. The summed E-state index contributed by atoms with van der Waals surface area (Å²) >= 11 is 0. The van der Waals surface area contributed by atoms with Gasteiger partial charge in [-0.2, -0.15) is 0 Å². The lowest BCUT2D eigenvalue weighted by molar-refractivity contribution is 0.0118. The van der Waals surface area contributed by atoms with Crippen molar-refractivity contribution in [3.05, 3.63) is 82.2 Å². The second kappa shape index (κ2) is 10.9. The number of epoxide rings is 1. The Kier molecular flexibility index (Phi) is 7.64. The lowest BCUT2D eigenvalue weighted by Gasteiger charge is -2.30. The largest absolute Gasteiger partial charge is 0.373 e. The van der Waals surface area contributed by atoms with Crippen LogP contribution in [0.5, 0.6) is 0 Å². The molecule has 188 valence electrons. The molecular weight excluding hydrogens is 449 g/mol. The van der Waals surface area contributed by atoms with E-state index >= 15 is 8.78 Å². The zero-order chi connectivity index (χ0) is 24.4. The van der Waals surface area contributed by atoms with Gasteiger partial charge < -0.3 is 9.47 Å². The van der Waals surface area contributed by atoms with Crippen LogP contribution in [0.15, 0.2) is 42.5 Å². The van der Waals surface area contributed by atoms with E-state index in [1.54, 1.807) is 6.07 Å². The van der Waals surface area contributed by atoms with Crippen LogP contribution in [0.2, 0.25) is 0 Å². The molecule has 1 saturated heterocycles. The van der Waals surface area contributed by atoms with E-state index in [1.165, 1.54) is 6.07 Å². The molecule has 2 nitrogen and oxygen atoms in total. The van der Waals surface area contributed by atoms with Gasteiger partial charge in [-0.3, -0.25) is 0 Å². The Bertz CT molecular complexity index is 1050. The molecule has 0 bridgehead atoms. The molecule has 0 amide bonds. The highest BCUT2D eigenvalue weighted by Gasteiger charge is 2.30. The van der Waals surface area contributed by atoms with Crippen LogP contribution in [0.4, 0.5) is 13.2 Å². The summed E-state index contributed by atoms with van der Waals surface area (Å²) in [6.45, 7) is 2.91. The molecule has 0 radical (unpaired) electrons. The minimum Gasteiger partial charge on any atom is -0.373 e. The predicted octanol–water partition coefficient (Wildman–Crippen LogP) is 8.27. The molecule has 35 heavy (non-hydrogen) atoms. The van der Waals surface area contributed by atoms with Crippen molar-refractivity contribution < 1.29 is 22.6 Å². The second-order valence-corrected chi connectivity index (χ2v) is 10.5. The summed E-state index contributed by atoms with van der Waals surface area (Å²) in [5.74, 6) is -0.905. The molecule has 1 heterocycles. The van der Waals surface area contributed by atoms with E-state index in [1.807, 2.05) is 25.1 Å². The molecule has 2 aromatic rings. The Hall–Kier alpha value is -2.11. The van der Waals surface area contributed by atoms with Gasteiger partial charge in [0.1, 0.15) is 11.9 Å². The third-order valence-corrected chi connectivity index (χ3v) is 8.19. The fourth-order valence-corrected chi connectivity index (χ4v) is 5.97. The molecule has 3 aliphatic rings. The molecule has 2 aliphatic carbocycles. The van der Waals surface area contributed by atoms with Crippen LogP contribution in [-0.4, -0.2) is 12.7 Å². The Morgan fingerprint density at radius 3 is 2.00 bits per heavy atom. The van der Waals surface area contributed by atoms with Crippen molar-refractivity contribution in [2.45, 2.75) is 88.9 Å². The fourth-order valence-electron chi connectivity index (χ4n) is 5.97. The van der Waals surface area contributed by atoms with E-state index in [-0.39, 0.29) is 36.5 Å². The zero-order valence-corrected chi connectivity index (χ0v) is 20.4. The first kappa shape index (κ1) is 24.6. The highest BCUT2D eigenvalue weighted by atomic mass is 19.2. The molecule has 2 saturated carbocycles. The van der Waals surface area contributed by atoms with E-state index in [2.05, 4.69) is 12.2 Å². The van der Waals surface area contributed by atoms with Gasteiger partial charge in [-0.05, 0) is 98.8 Å². The average Bonchev–Trinajstić information content (AvgIpc) is 3.72. The van der Waals surface area contributed by atoms with E-state index in [4.69, 9.17) is 9.47 Å². The fraction of sp³-hybridized carbons (Fsp3) is 0.533. The molecular formula is C30H35F3O2. The smallest absolute Gasteiger partial charge is 0.162 e. The van der Waals surface area contributed by atoms with Gasteiger partial charge >= 0.3 is 0 Å². The van der Waals surface area contributed by atoms with Crippen LogP contribution < -0.4 is 0 Å². The Labute approximate surface area is 206 Å². The topological polar surface area (TPSA) is 21.8 Å². The minimum absolute atomic E-state index is 0.00149. The summed E-state index contributed by atoms with van der Waals surface area (Å²) in [5.41, 5.74) is 2.45. The lowest BCUT2D eigenvalue weighted by Crippen LogP contribution is -2.22. The molecule has 1 atom stereocenters. The normalized spacial score (nSPS) is 29.0. The van der Waals surface area contributed by atoms with Crippen molar-refractivity contribution in [3.8, 4) is 0 Å². The lowest BCUT2D eigenvalue weighted by atomic mass is 9.77. The van der Waals surface area contributed by atoms with Gasteiger partial charge in [-0.15, -0.1) is 0 Å². The second-order valence-electron chi connectivity index (χ2n) is 10.5. The first-order valence-electron chi connectivity index (χ1n) is 13.2. The molecule has 0 N–H and O–H groups in total. The van der Waals surface area contributed by atoms with E-state index in [9.17, 15) is 4.39 Å². The summed E-state index contributed by atoms with van der Waals surface area (Å²) in [5, 5.41) is 0. The molecule has 5 heteroatoms. The quantitative estimate of drug-likeness (QED) is 0.291. The van der Waals surface area contributed by atoms with E-state index in [0.717, 1.165) is 56.9 Å². The zero-order valence-electron chi connectivity index (χ0n) is 20.4. The van der Waals surface area contributed by atoms with Crippen molar-refractivity contribution in [3.63, 3.8) is 0 Å². The van der Waals surface area contributed by atoms with Gasteiger partial charge in [-0.25, -0.2) is 13.2 Å². The molecule has 0 spiro atoms. The van der Waals surface area contributed by atoms with Gasteiger partial charge in [-0.1, -0.05) is 36.4 Å². The molecule has 1 unspecified atom stereocenters. The minimum atomic E-state index is -0.663. The summed E-state index contributed by atoms with van der Waals surface area (Å²) < 4.78 is 55.8. The first-order valence-corrected chi connectivity index (χ1v) is 13.2. The number of halogens is 3. The molecule has 2 aromatic carbocycles. The number of hydrogen-bond donors (Lipinski definition) is 0. The van der Waals surface area contributed by atoms with Crippen LogP contribution >= 0.6 is 0 Å². The van der Waals surface area contributed by atoms with Gasteiger partial charge in [0.25, 0.3) is 0 Å². The van der Waals surface area contributed by atoms with Crippen LogP contribution in [0.1, 0.15) is 98.5 Å². The van der Waals surface area contributed by atoms with Crippen molar-refractivity contribution >= 4 is 0 Å². The van der Waals surface area contributed by atoms with Crippen LogP contribution in [0, 0.1) is 23.4 Å². The van der Waals surface area contributed by atoms with Crippen LogP contribution in [0.25, 0.3) is 0 Å². The van der Waals surface area contributed by atoms with Crippen LogP contribution in [0.3, 0.4) is 0 Å². The van der Waals surface area contributed by atoms with Crippen molar-refractivity contribution in [2.24, 2.45) is 5.92 Å². The Morgan fingerprint density at radius 1 is 0.857 bits per heavy atom. The van der Waals surface area contributed by atoms with Crippen molar-refractivity contribution in [1.82, 2.24) is 0 Å². The maximum atomic E-state index is 15.1. The Morgan fingerprint density at radius 2 is 1.46 bits per heavy atom. The number of ether oxygens (including phenoxy) is 2. The summed E-state index contributed by atoms with van der Waals surface area (Å²) in [6, 6.07) is 8.84. The summed E-state index contributed by atoms with van der Waals surface area (Å²) in [6.07, 6.45) is 11.3. The van der Waals surface area contributed by atoms with Crippen molar-refractivity contribution in [2.75, 3.05) is 6.61 Å². The van der Waals surface area contributed by atoms with Gasteiger partial charge in [0.2, 0.25) is 0 Å². The standard InChI is InChI=1S/C30H35F3O2/c1-2-3-19-4-6-20(7-5-19)25-14-15-26(30(33)29(25)32)21-10-12-24(13-11-21)34-17-23-9-8-22(16-27(23)31)28-18-35-28/h2-3,8-9,14-16,19-21,24,28H,4-7,10-13,17-18H2,1H3/b3-2+. The van der Waals surface area contributed by atoms with Gasteiger partial charge in [0.15, 0.2) is 11.6 Å². The van der Waals surface area contributed by atoms with E-state index in [0.29, 0.717) is 29.2 Å². The van der Waals surface area contributed by atoms with Gasteiger partial charge in [0, 0.05) is 5.56 Å². The van der Waals surface area contributed by atoms with E-state index < -0.39 is 11.6 Å². The maximum absolute atomic E-state index is 15.1. The van der Waals surface area contributed by atoms with Gasteiger partial charge in [0.05, 0.1) is 19.3 Å². The number of rotatable bonds is 7. The monoisotopic (exact) mass is 484 g/mol. The summed E-state index contributed by atoms with van der Waals surface area (Å²) in [7, 11) is 0. The highest BCUT2D eigenvalue weighted by molar-refractivity contribution is 5.32. The number of allylic oxidation sites excluding steroid dienone is 2. The Balaban J connectivity index is 1.15. The molecule has 3 fully saturated rings. The maximum Gasteiger partial charge on any atom is 0.162 e. The molecule has 0 aromatic heterocycles.